The predicted molar refractivity (Wildman–Crippen MR) is 107 cm³/mol. The summed E-state index contributed by atoms with van der Waals surface area (Å²) in [5.74, 6) is -1.96. The summed E-state index contributed by atoms with van der Waals surface area (Å²) in [7, 11) is -4.24. The third-order valence-corrected chi connectivity index (χ3v) is 6.64. The average molecular weight is 430 g/mol. The van der Waals surface area contributed by atoms with Gasteiger partial charge in [-0.2, -0.15) is 0 Å². The smallest absolute Gasteiger partial charge is 0.343 e. The highest BCUT2D eigenvalue weighted by Crippen LogP contribution is 2.37. The molecule has 0 amide bonds. The van der Waals surface area contributed by atoms with Crippen LogP contribution in [0, 0.1) is 12.7 Å². The predicted octanol–water partition coefficient (Wildman–Crippen LogP) is 3.19. The van der Waals surface area contributed by atoms with Gasteiger partial charge in [0.1, 0.15) is 11.2 Å². The van der Waals surface area contributed by atoms with Crippen molar-refractivity contribution in [2.45, 2.75) is 42.7 Å². The summed E-state index contributed by atoms with van der Waals surface area (Å²) in [6.07, 6.45) is 2.88. The second-order valence-corrected chi connectivity index (χ2v) is 9.06. The molecule has 2 aromatic heterocycles. The maximum absolute atomic E-state index is 14.9. The van der Waals surface area contributed by atoms with E-state index < -0.39 is 32.1 Å². The van der Waals surface area contributed by atoms with Crippen LogP contribution in [0.25, 0.3) is 11.0 Å². The van der Waals surface area contributed by atoms with Gasteiger partial charge >= 0.3 is 5.97 Å². The van der Waals surface area contributed by atoms with Crippen LogP contribution in [0.15, 0.2) is 51.2 Å². The Morgan fingerprint density at radius 3 is 2.53 bits per heavy atom. The number of hydrogen-bond donors (Lipinski definition) is 0. The number of esters is 1. The van der Waals surface area contributed by atoms with Crippen LogP contribution in [0.1, 0.15) is 41.7 Å². The summed E-state index contributed by atoms with van der Waals surface area (Å²) < 4.78 is 47.4. The average Bonchev–Trinajstić information content (AvgIpc) is 3.54. The lowest BCUT2D eigenvalue weighted by Gasteiger charge is -2.13. The number of aromatic nitrogens is 2. The molecule has 0 atom stereocenters. The van der Waals surface area contributed by atoms with Crippen LogP contribution in [-0.2, 0) is 14.6 Å². The molecule has 0 radical (unpaired) electrons. The minimum atomic E-state index is -4.24. The van der Waals surface area contributed by atoms with Crippen molar-refractivity contribution in [3.63, 3.8) is 0 Å². The zero-order valence-corrected chi connectivity index (χ0v) is 17.2. The molecule has 156 valence electrons. The fourth-order valence-corrected chi connectivity index (χ4v) is 4.47. The van der Waals surface area contributed by atoms with E-state index in [0.717, 1.165) is 24.5 Å². The first kappa shape index (κ1) is 20.2. The van der Waals surface area contributed by atoms with Gasteiger partial charge < -0.3 is 9.30 Å². The van der Waals surface area contributed by atoms with E-state index in [9.17, 15) is 22.4 Å². The van der Waals surface area contributed by atoms with E-state index in [-0.39, 0.29) is 34.1 Å². The molecule has 2 heterocycles. The summed E-state index contributed by atoms with van der Waals surface area (Å²) in [5.41, 5.74) is -0.0878. The van der Waals surface area contributed by atoms with Gasteiger partial charge in [-0.15, -0.1) is 0 Å². The van der Waals surface area contributed by atoms with Gasteiger partial charge in [0.2, 0.25) is 15.3 Å². The summed E-state index contributed by atoms with van der Waals surface area (Å²) in [6.45, 7) is 3.50. The van der Waals surface area contributed by atoms with Crippen LogP contribution in [0.4, 0.5) is 4.39 Å². The van der Waals surface area contributed by atoms with Crippen molar-refractivity contribution in [1.29, 1.82) is 0 Å². The van der Waals surface area contributed by atoms with E-state index in [1.807, 2.05) is 0 Å². The lowest BCUT2D eigenvalue weighted by Crippen LogP contribution is -2.22. The first-order valence-corrected chi connectivity index (χ1v) is 11.0. The van der Waals surface area contributed by atoms with Gasteiger partial charge in [-0.1, -0.05) is 17.7 Å². The molecule has 1 aliphatic rings. The van der Waals surface area contributed by atoms with E-state index in [2.05, 4.69) is 4.98 Å². The molecule has 30 heavy (non-hydrogen) atoms. The van der Waals surface area contributed by atoms with Crippen molar-refractivity contribution in [3.05, 3.63) is 63.7 Å². The molecule has 4 rings (SSSR count). The highest BCUT2D eigenvalue weighted by molar-refractivity contribution is 7.91. The molecule has 9 heteroatoms. The molecule has 0 spiro atoms. The lowest BCUT2D eigenvalue weighted by molar-refractivity contribution is 0.0524. The zero-order chi connectivity index (χ0) is 21.6. The van der Waals surface area contributed by atoms with Crippen molar-refractivity contribution in [2.24, 2.45) is 0 Å². The number of pyridine rings is 2. The normalized spacial score (nSPS) is 14.1. The highest BCUT2D eigenvalue weighted by atomic mass is 32.2. The Morgan fingerprint density at radius 1 is 1.27 bits per heavy atom. The Bertz CT molecular complexity index is 1330. The monoisotopic (exact) mass is 430 g/mol. The number of ether oxygens (including phenoxy) is 1. The van der Waals surface area contributed by atoms with Crippen molar-refractivity contribution in [1.82, 2.24) is 9.55 Å². The Morgan fingerprint density at radius 2 is 1.93 bits per heavy atom. The first-order valence-electron chi connectivity index (χ1n) is 9.48. The van der Waals surface area contributed by atoms with Crippen molar-refractivity contribution < 1.29 is 22.3 Å². The van der Waals surface area contributed by atoms with Crippen LogP contribution >= 0.6 is 0 Å². The van der Waals surface area contributed by atoms with Crippen LogP contribution in [0.5, 0.6) is 0 Å². The molecule has 3 aromatic rings. The number of benzene rings is 1. The molecule has 7 nitrogen and oxygen atoms in total. The van der Waals surface area contributed by atoms with E-state index in [1.165, 1.54) is 18.3 Å². The number of carbonyl (C=O) groups is 1. The standard InChI is InChI=1S/C21H19FN2O5S/c1-3-29-21(26)16-11-24(13-6-7-13)19-15(18(16)25)10-17(22)20(23-19)30(27,28)14-8-4-12(2)5-9-14/h4-5,8-11,13H,3,6-7H2,1-2H3. The number of sulfone groups is 1. The van der Waals surface area contributed by atoms with Crippen molar-refractivity contribution >= 4 is 26.8 Å². The third kappa shape index (κ3) is 3.39. The Hall–Kier alpha value is -3.07. The van der Waals surface area contributed by atoms with Gasteiger partial charge in [-0.3, -0.25) is 4.79 Å². The topological polar surface area (TPSA) is 95.3 Å². The molecule has 1 fully saturated rings. The maximum atomic E-state index is 14.9. The summed E-state index contributed by atoms with van der Waals surface area (Å²) in [4.78, 5) is 28.9. The molecule has 0 unspecified atom stereocenters. The van der Waals surface area contributed by atoms with Gasteiger partial charge in [0.25, 0.3) is 0 Å². The van der Waals surface area contributed by atoms with Gasteiger partial charge in [-0.05, 0) is 44.9 Å². The van der Waals surface area contributed by atoms with E-state index in [0.29, 0.717) is 0 Å². The Kier molecular flexibility index (Phi) is 4.93. The largest absolute Gasteiger partial charge is 0.462 e. The minimum absolute atomic E-state index is 0.0302. The molecule has 1 saturated carbocycles. The van der Waals surface area contributed by atoms with Crippen LogP contribution in [0.3, 0.4) is 0 Å². The number of halogens is 1. The van der Waals surface area contributed by atoms with E-state index in [4.69, 9.17) is 4.74 Å². The first-order chi connectivity index (χ1) is 14.2. The van der Waals surface area contributed by atoms with Crippen LogP contribution in [0.2, 0.25) is 0 Å². The van der Waals surface area contributed by atoms with Crippen LogP contribution in [-0.4, -0.2) is 30.5 Å². The number of aryl methyl sites for hydroxylation is 1. The lowest BCUT2D eigenvalue weighted by atomic mass is 10.2. The molecule has 0 aliphatic heterocycles. The Balaban J connectivity index is 1.97. The number of rotatable bonds is 5. The van der Waals surface area contributed by atoms with E-state index >= 15 is 0 Å². The van der Waals surface area contributed by atoms with E-state index in [1.54, 1.807) is 30.5 Å². The third-order valence-electron chi connectivity index (χ3n) is 4.95. The minimum Gasteiger partial charge on any atom is -0.462 e. The molecule has 0 bridgehead atoms. The van der Waals surface area contributed by atoms with Gasteiger partial charge in [0.05, 0.1) is 16.9 Å². The SMILES string of the molecule is CCOC(=O)c1cn(C2CC2)c2nc(S(=O)(=O)c3ccc(C)cc3)c(F)cc2c1=O. The maximum Gasteiger partial charge on any atom is 0.343 e. The number of carbonyl (C=O) groups excluding carboxylic acids is 1. The fraction of sp³-hybridized carbons (Fsp3) is 0.286. The molecular weight excluding hydrogens is 411 g/mol. The van der Waals surface area contributed by atoms with Crippen molar-refractivity contribution in [3.8, 4) is 0 Å². The Labute approximate surface area is 172 Å². The second-order valence-electron chi connectivity index (χ2n) is 7.19. The second kappa shape index (κ2) is 7.32. The molecular formula is C21H19FN2O5S. The molecule has 1 aromatic carbocycles. The summed E-state index contributed by atoms with van der Waals surface area (Å²) >= 11 is 0. The van der Waals surface area contributed by atoms with Gasteiger partial charge in [0.15, 0.2) is 10.8 Å². The molecule has 1 aliphatic carbocycles. The van der Waals surface area contributed by atoms with Gasteiger partial charge in [-0.25, -0.2) is 22.6 Å². The fourth-order valence-electron chi connectivity index (χ4n) is 3.23. The number of hydrogen-bond acceptors (Lipinski definition) is 6. The van der Waals surface area contributed by atoms with Crippen molar-refractivity contribution in [2.75, 3.05) is 6.61 Å². The summed E-state index contributed by atoms with van der Waals surface area (Å²) in [6, 6.07) is 6.78. The molecule has 0 saturated heterocycles. The van der Waals surface area contributed by atoms with Gasteiger partial charge in [0, 0.05) is 12.2 Å². The quantitative estimate of drug-likeness (QED) is 0.577. The summed E-state index contributed by atoms with van der Waals surface area (Å²) in [5, 5.41) is -0.913. The number of nitrogens with zero attached hydrogens (tertiary/aromatic N) is 2. The zero-order valence-electron chi connectivity index (χ0n) is 16.4. The highest BCUT2D eigenvalue weighted by Gasteiger charge is 2.31. The van der Waals surface area contributed by atoms with Crippen LogP contribution < -0.4 is 5.43 Å². The number of fused-ring (bicyclic) bond motifs is 1. The molecule has 0 N–H and O–H groups in total.